The van der Waals surface area contributed by atoms with Crippen molar-refractivity contribution >= 4 is 11.8 Å². The largest absolute Gasteiger partial charge is 0.466 e. The Morgan fingerprint density at radius 2 is 1.88 bits per heavy atom. The second-order valence-corrected chi connectivity index (χ2v) is 4.25. The lowest BCUT2D eigenvalue weighted by molar-refractivity contribution is -0.144. The average Bonchev–Trinajstić information content (AvgIpc) is 2.27. The Bertz CT molecular complexity index is 225. The first-order valence-electron chi connectivity index (χ1n) is 6.35. The molecule has 1 unspecified atom stereocenters. The maximum Gasteiger partial charge on any atom is 0.306 e. The summed E-state index contributed by atoms with van der Waals surface area (Å²) >= 11 is 0. The van der Waals surface area contributed by atoms with Crippen molar-refractivity contribution in [2.24, 2.45) is 5.92 Å². The van der Waals surface area contributed by atoms with Gasteiger partial charge < -0.3 is 9.47 Å². The Morgan fingerprint density at radius 1 is 1.18 bits per heavy atom. The van der Waals surface area contributed by atoms with Crippen molar-refractivity contribution in [3.8, 4) is 0 Å². The van der Waals surface area contributed by atoms with Crippen LogP contribution in [0, 0.1) is 5.92 Å². The molecule has 0 spiro atoms. The van der Waals surface area contributed by atoms with Gasteiger partial charge in [-0.05, 0) is 19.3 Å². The molecule has 0 rings (SSSR count). The van der Waals surface area contributed by atoms with Crippen molar-refractivity contribution in [2.45, 2.75) is 46.5 Å². The molecule has 0 saturated heterocycles. The molecule has 0 aliphatic rings. The molecule has 0 fully saturated rings. The van der Waals surface area contributed by atoms with E-state index in [4.69, 9.17) is 9.47 Å². The number of carbonyl (C=O) groups excluding carboxylic acids is 2. The van der Waals surface area contributed by atoms with E-state index in [1.54, 1.807) is 6.92 Å². The van der Waals surface area contributed by atoms with Crippen LogP contribution in [0.15, 0.2) is 0 Å². The number of hydrogen-bond acceptors (Lipinski definition) is 4. The lowest BCUT2D eigenvalue weighted by atomic mass is 10.1. The predicted molar refractivity (Wildman–Crippen MR) is 65.8 cm³/mol. The monoisotopic (exact) mass is 244 g/mol. The van der Waals surface area contributed by atoms with Crippen LogP contribution in [0.25, 0.3) is 0 Å². The second-order valence-electron chi connectivity index (χ2n) is 4.25. The molecule has 0 saturated carbocycles. The van der Waals surface area contributed by atoms with E-state index in [1.807, 2.05) is 0 Å². The summed E-state index contributed by atoms with van der Waals surface area (Å²) in [6.07, 6.45) is 2.60. The fourth-order valence-corrected chi connectivity index (χ4v) is 1.50. The maximum absolute atomic E-state index is 11.4. The zero-order valence-electron chi connectivity index (χ0n) is 11.2. The molecule has 1 atom stereocenters. The van der Waals surface area contributed by atoms with E-state index in [2.05, 4.69) is 13.8 Å². The Balaban J connectivity index is 3.49. The summed E-state index contributed by atoms with van der Waals surface area (Å²) in [5.41, 5.74) is 0. The number of esters is 1. The highest BCUT2D eigenvalue weighted by atomic mass is 16.5. The summed E-state index contributed by atoms with van der Waals surface area (Å²) in [5.74, 6) is 0.125. The second kappa shape index (κ2) is 10.3. The summed E-state index contributed by atoms with van der Waals surface area (Å²) in [6, 6.07) is 0. The standard InChI is InChI=1S/C13H24O4/c1-4-6-11(3)9-16-10-12(14)7-8-13(15)17-5-2/h11H,4-10H2,1-3H3. The smallest absolute Gasteiger partial charge is 0.306 e. The zero-order valence-corrected chi connectivity index (χ0v) is 11.2. The molecule has 0 heterocycles. The SMILES string of the molecule is CCCC(C)COCC(=O)CCC(=O)OCC. The Labute approximate surface area is 104 Å². The highest BCUT2D eigenvalue weighted by Gasteiger charge is 2.08. The van der Waals surface area contributed by atoms with Crippen LogP contribution in [-0.4, -0.2) is 31.6 Å². The Morgan fingerprint density at radius 3 is 2.47 bits per heavy atom. The van der Waals surface area contributed by atoms with Gasteiger partial charge in [0.25, 0.3) is 0 Å². The minimum Gasteiger partial charge on any atom is -0.466 e. The summed E-state index contributed by atoms with van der Waals surface area (Å²) in [7, 11) is 0. The van der Waals surface area contributed by atoms with Gasteiger partial charge in [0.1, 0.15) is 6.61 Å². The molecular formula is C13H24O4. The van der Waals surface area contributed by atoms with E-state index in [1.165, 1.54) is 0 Å². The molecule has 4 nitrogen and oxygen atoms in total. The molecular weight excluding hydrogens is 220 g/mol. The van der Waals surface area contributed by atoms with Gasteiger partial charge in [-0.2, -0.15) is 0 Å². The van der Waals surface area contributed by atoms with E-state index in [0.717, 1.165) is 12.8 Å². The first kappa shape index (κ1) is 16.1. The van der Waals surface area contributed by atoms with Gasteiger partial charge in [0.2, 0.25) is 0 Å². The third kappa shape index (κ3) is 10.00. The first-order valence-corrected chi connectivity index (χ1v) is 6.35. The molecule has 0 radical (unpaired) electrons. The molecule has 0 aliphatic carbocycles. The van der Waals surface area contributed by atoms with Crippen molar-refractivity contribution in [1.29, 1.82) is 0 Å². The van der Waals surface area contributed by atoms with Gasteiger partial charge in [-0.25, -0.2) is 0 Å². The van der Waals surface area contributed by atoms with Crippen LogP contribution in [0.5, 0.6) is 0 Å². The van der Waals surface area contributed by atoms with E-state index >= 15 is 0 Å². The van der Waals surface area contributed by atoms with Crippen LogP contribution < -0.4 is 0 Å². The summed E-state index contributed by atoms with van der Waals surface area (Å²) < 4.78 is 10.0. The Hall–Kier alpha value is -0.900. The minimum atomic E-state index is -0.319. The highest BCUT2D eigenvalue weighted by molar-refractivity contribution is 5.83. The number of ketones is 1. The predicted octanol–water partition coefficient (Wildman–Crippen LogP) is 2.35. The van der Waals surface area contributed by atoms with Crippen LogP contribution in [0.4, 0.5) is 0 Å². The number of Topliss-reactive ketones (excluding diaryl/α,β-unsaturated/α-hetero) is 1. The van der Waals surface area contributed by atoms with Gasteiger partial charge in [0.15, 0.2) is 5.78 Å². The van der Waals surface area contributed by atoms with Crippen LogP contribution in [0.3, 0.4) is 0 Å². The fraction of sp³-hybridized carbons (Fsp3) is 0.846. The number of rotatable bonds is 10. The lowest BCUT2D eigenvalue weighted by Gasteiger charge is -2.09. The molecule has 0 aromatic carbocycles. The van der Waals surface area contributed by atoms with Gasteiger partial charge in [0, 0.05) is 13.0 Å². The van der Waals surface area contributed by atoms with Crippen molar-refractivity contribution < 1.29 is 19.1 Å². The summed E-state index contributed by atoms with van der Waals surface area (Å²) in [5, 5.41) is 0. The molecule has 0 N–H and O–H groups in total. The number of carbonyl (C=O) groups is 2. The van der Waals surface area contributed by atoms with Crippen molar-refractivity contribution in [1.82, 2.24) is 0 Å². The molecule has 4 heteroatoms. The lowest BCUT2D eigenvalue weighted by Crippen LogP contribution is -2.15. The van der Waals surface area contributed by atoms with Gasteiger partial charge in [0.05, 0.1) is 13.0 Å². The highest BCUT2D eigenvalue weighted by Crippen LogP contribution is 2.05. The molecule has 0 amide bonds. The summed E-state index contributed by atoms with van der Waals surface area (Å²) in [6.45, 7) is 7.05. The zero-order chi connectivity index (χ0) is 13.1. The van der Waals surface area contributed by atoms with Crippen LogP contribution >= 0.6 is 0 Å². The maximum atomic E-state index is 11.4. The van der Waals surface area contributed by atoms with Crippen LogP contribution in [0.1, 0.15) is 46.5 Å². The van der Waals surface area contributed by atoms with Gasteiger partial charge in [-0.3, -0.25) is 9.59 Å². The first-order chi connectivity index (χ1) is 8.10. The van der Waals surface area contributed by atoms with Crippen molar-refractivity contribution in [3.63, 3.8) is 0 Å². The third-order valence-corrected chi connectivity index (χ3v) is 2.36. The number of ether oxygens (including phenoxy) is 2. The van der Waals surface area contributed by atoms with Crippen molar-refractivity contribution in [2.75, 3.05) is 19.8 Å². The minimum absolute atomic E-state index is 0.0400. The van der Waals surface area contributed by atoms with Gasteiger partial charge in [-0.1, -0.05) is 20.3 Å². The quantitative estimate of drug-likeness (QED) is 0.553. The molecule has 0 bridgehead atoms. The third-order valence-electron chi connectivity index (χ3n) is 2.36. The van der Waals surface area contributed by atoms with E-state index in [0.29, 0.717) is 19.1 Å². The fourth-order valence-electron chi connectivity index (χ4n) is 1.50. The van der Waals surface area contributed by atoms with Gasteiger partial charge >= 0.3 is 5.97 Å². The normalized spacial score (nSPS) is 12.2. The topological polar surface area (TPSA) is 52.6 Å². The van der Waals surface area contributed by atoms with Gasteiger partial charge in [-0.15, -0.1) is 0 Å². The Kier molecular flexibility index (Phi) is 9.72. The molecule has 100 valence electrons. The molecule has 0 aromatic rings. The summed E-state index contributed by atoms with van der Waals surface area (Å²) in [4.78, 5) is 22.4. The molecule has 17 heavy (non-hydrogen) atoms. The van der Waals surface area contributed by atoms with Crippen LogP contribution in [-0.2, 0) is 19.1 Å². The van der Waals surface area contributed by atoms with Crippen LogP contribution in [0.2, 0.25) is 0 Å². The number of hydrogen-bond donors (Lipinski definition) is 0. The molecule has 0 aliphatic heterocycles. The van der Waals surface area contributed by atoms with E-state index in [-0.39, 0.29) is 31.2 Å². The molecule has 0 aromatic heterocycles. The average molecular weight is 244 g/mol. The van der Waals surface area contributed by atoms with E-state index in [9.17, 15) is 9.59 Å². The van der Waals surface area contributed by atoms with E-state index < -0.39 is 0 Å². The van der Waals surface area contributed by atoms with Crippen molar-refractivity contribution in [3.05, 3.63) is 0 Å².